The first-order valence-corrected chi connectivity index (χ1v) is 10.3. The highest BCUT2D eigenvalue weighted by Crippen LogP contribution is 2.45. The van der Waals surface area contributed by atoms with E-state index in [1.807, 2.05) is 17.8 Å². The number of thioether (sulfide) groups is 2. The van der Waals surface area contributed by atoms with Gasteiger partial charge in [-0.2, -0.15) is 0 Å². The average molecular weight is 378 g/mol. The van der Waals surface area contributed by atoms with Gasteiger partial charge in [0.2, 0.25) is 0 Å². The van der Waals surface area contributed by atoms with Crippen LogP contribution in [0.15, 0.2) is 105 Å². The smallest absolute Gasteiger partial charge is 0.0801 e. The molecule has 0 radical (unpaired) electrons. The Morgan fingerprint density at radius 3 is 2.65 bits per heavy atom. The summed E-state index contributed by atoms with van der Waals surface area (Å²) in [5.74, 6) is 0. The zero-order valence-electron chi connectivity index (χ0n) is 15.2. The summed E-state index contributed by atoms with van der Waals surface area (Å²) in [5, 5.41) is 1.27. The molecular weight excluding hydrogens is 354 g/mol. The summed E-state index contributed by atoms with van der Waals surface area (Å²) in [7, 11) is 0. The van der Waals surface area contributed by atoms with Crippen molar-refractivity contribution in [3.05, 3.63) is 101 Å². The fourth-order valence-corrected chi connectivity index (χ4v) is 4.66. The molecule has 0 N–H and O–H groups in total. The van der Waals surface area contributed by atoms with Crippen LogP contribution in [0.1, 0.15) is 12.5 Å². The van der Waals surface area contributed by atoms with E-state index in [1.165, 1.54) is 26.1 Å². The molecule has 0 amide bonds. The normalized spacial score (nSPS) is 15.3. The van der Waals surface area contributed by atoms with Gasteiger partial charge in [0, 0.05) is 21.2 Å². The van der Waals surface area contributed by atoms with Crippen LogP contribution in [0.4, 0.5) is 5.69 Å². The number of hydrogen-bond acceptors (Lipinski definition) is 3. The maximum Gasteiger partial charge on any atom is 0.0801 e. The molecule has 0 fully saturated rings. The second-order valence-corrected chi connectivity index (χ2v) is 8.13. The van der Waals surface area contributed by atoms with Crippen LogP contribution in [0.2, 0.25) is 0 Å². The molecule has 0 saturated heterocycles. The van der Waals surface area contributed by atoms with Gasteiger partial charge in [0.1, 0.15) is 0 Å². The van der Waals surface area contributed by atoms with Crippen LogP contribution in [0.5, 0.6) is 0 Å². The third-order valence-corrected chi connectivity index (χ3v) is 6.24. The van der Waals surface area contributed by atoms with Crippen molar-refractivity contribution in [1.29, 1.82) is 0 Å². The summed E-state index contributed by atoms with van der Waals surface area (Å²) in [5.41, 5.74) is 2.59. The number of anilines is 1. The van der Waals surface area contributed by atoms with Crippen molar-refractivity contribution in [3.8, 4) is 0 Å². The zero-order valence-corrected chi connectivity index (χ0v) is 16.8. The monoisotopic (exact) mass is 377 g/mol. The Morgan fingerprint density at radius 1 is 1.08 bits per heavy atom. The van der Waals surface area contributed by atoms with Crippen LogP contribution in [-0.2, 0) is 0 Å². The third-order valence-electron chi connectivity index (χ3n) is 4.03. The van der Waals surface area contributed by atoms with E-state index in [0.29, 0.717) is 0 Å². The average Bonchev–Trinajstić information content (AvgIpc) is 3.00. The number of rotatable bonds is 6. The van der Waals surface area contributed by atoms with Crippen LogP contribution in [0, 0.1) is 6.92 Å². The first-order chi connectivity index (χ1) is 12.7. The Kier molecular flexibility index (Phi) is 6.48. The topological polar surface area (TPSA) is 3.24 Å². The van der Waals surface area contributed by atoms with Gasteiger partial charge in [-0.1, -0.05) is 78.7 Å². The molecule has 2 aromatic rings. The third kappa shape index (κ3) is 4.54. The number of hydrogen-bond donors (Lipinski definition) is 0. The van der Waals surface area contributed by atoms with Gasteiger partial charge >= 0.3 is 0 Å². The lowest BCUT2D eigenvalue weighted by atomic mass is 10.2. The van der Waals surface area contributed by atoms with Gasteiger partial charge < -0.3 is 4.90 Å². The van der Waals surface area contributed by atoms with Crippen molar-refractivity contribution in [1.82, 2.24) is 0 Å². The Labute approximate surface area is 165 Å². The Hall–Kier alpha value is -2.10. The standard InChI is InChI=1S/C23H23NS2/c1-4-24-20-14-9-11-16-22(20)26-23(24)17-7-5-6-13-19(3)25-21-15-10-8-12-18(21)2/h5-17H,3-4H2,1-2H3/b7-5+,13-6+,23-17-. The van der Waals surface area contributed by atoms with Crippen LogP contribution >= 0.6 is 23.5 Å². The molecule has 3 rings (SSSR count). The fraction of sp³-hybridized carbons (Fsp3) is 0.130. The summed E-state index contributed by atoms with van der Waals surface area (Å²) in [6, 6.07) is 16.9. The number of aryl methyl sites for hydroxylation is 1. The van der Waals surface area contributed by atoms with Gasteiger partial charge in [-0.05, 0) is 49.8 Å². The molecule has 0 aromatic heterocycles. The first-order valence-electron chi connectivity index (χ1n) is 8.71. The lowest BCUT2D eigenvalue weighted by molar-refractivity contribution is 1.00. The van der Waals surface area contributed by atoms with Crippen molar-refractivity contribution < 1.29 is 0 Å². The molecule has 1 heterocycles. The summed E-state index contributed by atoms with van der Waals surface area (Å²) in [6.45, 7) is 9.42. The minimum absolute atomic E-state index is 0.976. The molecule has 0 aliphatic carbocycles. The maximum absolute atomic E-state index is 4.13. The molecule has 132 valence electrons. The van der Waals surface area contributed by atoms with E-state index in [-0.39, 0.29) is 0 Å². The van der Waals surface area contributed by atoms with E-state index in [1.54, 1.807) is 11.8 Å². The lowest BCUT2D eigenvalue weighted by Gasteiger charge is -2.17. The van der Waals surface area contributed by atoms with Crippen molar-refractivity contribution in [2.75, 3.05) is 11.4 Å². The number of benzene rings is 2. The number of nitrogens with zero attached hydrogens (tertiary/aromatic N) is 1. The van der Waals surface area contributed by atoms with E-state index in [0.717, 1.165) is 11.4 Å². The van der Waals surface area contributed by atoms with Gasteiger partial charge in [-0.3, -0.25) is 0 Å². The highest BCUT2D eigenvalue weighted by atomic mass is 32.2. The quantitative estimate of drug-likeness (QED) is 0.387. The summed E-state index contributed by atoms with van der Waals surface area (Å²) >= 11 is 3.53. The highest BCUT2D eigenvalue weighted by molar-refractivity contribution is 8.03. The van der Waals surface area contributed by atoms with Crippen molar-refractivity contribution in [2.24, 2.45) is 0 Å². The van der Waals surface area contributed by atoms with E-state index >= 15 is 0 Å². The SMILES string of the molecule is C=C(/C=C/C=C/C=C1\Sc2ccccc2N1CC)Sc1ccccc1C. The van der Waals surface area contributed by atoms with Crippen molar-refractivity contribution in [3.63, 3.8) is 0 Å². The molecule has 26 heavy (non-hydrogen) atoms. The van der Waals surface area contributed by atoms with Crippen LogP contribution < -0.4 is 4.90 Å². The molecule has 0 saturated carbocycles. The van der Waals surface area contributed by atoms with Gasteiger partial charge in [0.05, 0.1) is 10.7 Å². The molecule has 3 heteroatoms. The molecule has 1 aliphatic heterocycles. The fourth-order valence-electron chi connectivity index (χ4n) is 2.71. The summed E-state index contributed by atoms with van der Waals surface area (Å²) in [4.78, 5) is 5.97. The van der Waals surface area contributed by atoms with E-state index in [2.05, 4.69) is 98.2 Å². The Bertz CT molecular complexity index is 877. The lowest BCUT2D eigenvalue weighted by Crippen LogP contribution is -2.16. The first kappa shape index (κ1) is 18.7. The number of para-hydroxylation sites is 1. The molecule has 1 nitrogen and oxygen atoms in total. The summed E-state index contributed by atoms with van der Waals surface area (Å²) < 4.78 is 0. The molecule has 0 atom stereocenters. The number of fused-ring (bicyclic) bond motifs is 1. The van der Waals surface area contributed by atoms with E-state index < -0.39 is 0 Å². The minimum Gasteiger partial charge on any atom is -0.335 e. The van der Waals surface area contributed by atoms with E-state index in [9.17, 15) is 0 Å². The Morgan fingerprint density at radius 2 is 1.85 bits per heavy atom. The summed E-state index contributed by atoms with van der Waals surface area (Å²) in [6.07, 6.45) is 10.4. The highest BCUT2D eigenvalue weighted by Gasteiger charge is 2.22. The predicted octanol–water partition coefficient (Wildman–Crippen LogP) is 7.19. The molecule has 2 aromatic carbocycles. The van der Waals surface area contributed by atoms with Crippen molar-refractivity contribution in [2.45, 2.75) is 23.6 Å². The molecule has 1 aliphatic rings. The molecule has 0 unspecified atom stereocenters. The van der Waals surface area contributed by atoms with Gasteiger partial charge in [0.15, 0.2) is 0 Å². The van der Waals surface area contributed by atoms with Crippen molar-refractivity contribution >= 4 is 29.2 Å². The van der Waals surface area contributed by atoms with E-state index in [4.69, 9.17) is 0 Å². The van der Waals surface area contributed by atoms with Gasteiger partial charge in [0.25, 0.3) is 0 Å². The van der Waals surface area contributed by atoms with Gasteiger partial charge in [-0.25, -0.2) is 0 Å². The minimum atomic E-state index is 0.976. The zero-order chi connectivity index (χ0) is 18.4. The van der Waals surface area contributed by atoms with Crippen LogP contribution in [0.25, 0.3) is 0 Å². The number of allylic oxidation sites excluding steroid dienone is 5. The molecular formula is C23H23NS2. The van der Waals surface area contributed by atoms with Gasteiger partial charge in [-0.15, -0.1) is 0 Å². The molecule has 0 bridgehead atoms. The van der Waals surface area contributed by atoms with Crippen LogP contribution in [0.3, 0.4) is 0 Å². The second kappa shape index (κ2) is 9.02. The Balaban J connectivity index is 1.59. The predicted molar refractivity (Wildman–Crippen MR) is 118 cm³/mol. The van der Waals surface area contributed by atoms with Crippen LogP contribution in [-0.4, -0.2) is 6.54 Å². The molecule has 0 spiro atoms. The maximum atomic E-state index is 4.13. The largest absolute Gasteiger partial charge is 0.335 e. The second-order valence-electron chi connectivity index (χ2n) is 5.90.